The van der Waals surface area contributed by atoms with E-state index in [1.807, 2.05) is 43.5 Å². The van der Waals surface area contributed by atoms with Crippen molar-refractivity contribution in [2.75, 3.05) is 0 Å². The van der Waals surface area contributed by atoms with Gasteiger partial charge in [0.2, 0.25) is 0 Å². The van der Waals surface area contributed by atoms with Crippen molar-refractivity contribution in [2.24, 2.45) is 10.9 Å². The lowest BCUT2D eigenvalue weighted by molar-refractivity contribution is -0.117. The van der Waals surface area contributed by atoms with Gasteiger partial charge in [-0.1, -0.05) is 24.6 Å². The van der Waals surface area contributed by atoms with Crippen molar-refractivity contribution in [2.45, 2.75) is 20.3 Å². The predicted octanol–water partition coefficient (Wildman–Crippen LogP) is 3.66. The number of allylic oxidation sites excluding steroid dienone is 3. The third-order valence-corrected chi connectivity index (χ3v) is 4.94. The molecule has 1 aromatic rings. The van der Waals surface area contributed by atoms with Crippen molar-refractivity contribution in [3.8, 4) is 0 Å². The Kier molecular flexibility index (Phi) is 4.71. The van der Waals surface area contributed by atoms with Crippen LogP contribution in [0.1, 0.15) is 25.1 Å². The van der Waals surface area contributed by atoms with Gasteiger partial charge >= 0.3 is 0 Å². The average Bonchev–Trinajstić information content (AvgIpc) is 3.06. The van der Waals surface area contributed by atoms with Crippen LogP contribution in [0.15, 0.2) is 63.7 Å². The molecule has 1 atom stereocenters. The molecule has 0 saturated carbocycles. The Morgan fingerprint density at radius 3 is 3.00 bits per heavy atom. The lowest BCUT2D eigenvalue weighted by atomic mass is 9.84. The van der Waals surface area contributed by atoms with Gasteiger partial charge in [-0.25, -0.2) is 4.99 Å². The summed E-state index contributed by atoms with van der Waals surface area (Å²) in [7, 11) is 0. The van der Waals surface area contributed by atoms with Gasteiger partial charge in [0.25, 0.3) is 11.8 Å². The Balaban J connectivity index is 1.79. The van der Waals surface area contributed by atoms with E-state index in [0.29, 0.717) is 12.1 Å². The van der Waals surface area contributed by atoms with E-state index in [-0.39, 0.29) is 17.7 Å². The first-order valence-electron chi connectivity index (χ1n) is 7.83. The average molecular weight is 338 g/mol. The molecule has 1 aliphatic carbocycles. The van der Waals surface area contributed by atoms with Crippen molar-refractivity contribution in [3.05, 3.63) is 63.5 Å². The van der Waals surface area contributed by atoms with Crippen LogP contribution in [0.25, 0.3) is 6.08 Å². The Bertz CT molecular complexity index is 824. The highest BCUT2D eigenvalue weighted by Crippen LogP contribution is 2.31. The monoisotopic (exact) mass is 338 g/mol. The second kappa shape index (κ2) is 6.93. The lowest BCUT2D eigenvalue weighted by Gasteiger charge is -2.29. The zero-order valence-electron chi connectivity index (χ0n) is 13.6. The van der Waals surface area contributed by atoms with Crippen LogP contribution in [-0.2, 0) is 9.59 Å². The van der Waals surface area contributed by atoms with Crippen LogP contribution in [0.4, 0.5) is 0 Å². The quantitative estimate of drug-likeness (QED) is 0.855. The van der Waals surface area contributed by atoms with Crippen molar-refractivity contribution in [3.63, 3.8) is 0 Å². The van der Waals surface area contributed by atoms with E-state index < -0.39 is 0 Å². The van der Waals surface area contributed by atoms with Gasteiger partial charge in [0.15, 0.2) is 0 Å². The molecule has 4 nitrogen and oxygen atoms in total. The molecule has 1 unspecified atom stereocenters. The van der Waals surface area contributed by atoms with Crippen LogP contribution in [0.3, 0.4) is 0 Å². The van der Waals surface area contributed by atoms with Crippen LogP contribution in [0, 0.1) is 5.92 Å². The van der Waals surface area contributed by atoms with Gasteiger partial charge in [0, 0.05) is 28.1 Å². The van der Waals surface area contributed by atoms with Crippen LogP contribution in [0.2, 0.25) is 0 Å². The molecule has 122 valence electrons. The summed E-state index contributed by atoms with van der Waals surface area (Å²) < 4.78 is 0. The fourth-order valence-corrected chi connectivity index (χ4v) is 3.49. The topological polar surface area (TPSA) is 58.5 Å². The van der Waals surface area contributed by atoms with Crippen LogP contribution < -0.4 is 5.32 Å². The third kappa shape index (κ3) is 3.36. The number of thiophene rings is 1. The van der Waals surface area contributed by atoms with Gasteiger partial charge < -0.3 is 5.32 Å². The van der Waals surface area contributed by atoms with Crippen molar-refractivity contribution >= 4 is 34.9 Å². The summed E-state index contributed by atoms with van der Waals surface area (Å²) in [5.41, 5.74) is 3.23. The number of carbonyl (C=O) groups is 2. The number of nitrogens with zero attached hydrogens (tertiary/aromatic N) is 1. The standard InChI is InChI=1S/C19H18N2O2S/c1-3-15-12(2)16-8-6-13(11-17(16)21-19(15)23)20-18(22)9-7-14-5-4-10-24-14/h4-11,16H,3H2,1-2H3,(H,21,23)/b9-7-,20-13?. The third-order valence-electron chi connectivity index (χ3n) is 4.10. The minimum absolute atomic E-state index is 0.0592. The number of hydrogen-bond donors (Lipinski definition) is 1. The zero-order valence-corrected chi connectivity index (χ0v) is 14.4. The van der Waals surface area contributed by atoms with Crippen LogP contribution >= 0.6 is 11.3 Å². The molecular formula is C19H18N2O2S. The molecule has 2 aliphatic rings. The second-order valence-electron chi connectivity index (χ2n) is 5.63. The molecule has 1 N–H and O–H groups in total. The van der Waals surface area contributed by atoms with Gasteiger partial charge in [0.05, 0.1) is 5.71 Å². The van der Waals surface area contributed by atoms with Gasteiger partial charge in [-0.3, -0.25) is 9.59 Å². The van der Waals surface area contributed by atoms with Gasteiger partial charge in [-0.2, -0.15) is 0 Å². The number of rotatable bonds is 3. The largest absolute Gasteiger partial charge is 0.325 e. The van der Waals surface area contributed by atoms with E-state index in [2.05, 4.69) is 10.3 Å². The van der Waals surface area contributed by atoms with Crippen molar-refractivity contribution in [1.29, 1.82) is 0 Å². The first-order valence-corrected chi connectivity index (χ1v) is 8.71. The Hall–Kier alpha value is -2.53. The highest BCUT2D eigenvalue weighted by atomic mass is 32.1. The Labute approximate surface area is 145 Å². The molecular weight excluding hydrogens is 320 g/mol. The summed E-state index contributed by atoms with van der Waals surface area (Å²) in [5.74, 6) is -0.313. The normalized spacial score (nSPS) is 21.9. The number of hydrogen-bond acceptors (Lipinski definition) is 3. The zero-order chi connectivity index (χ0) is 17.1. The number of aliphatic imine (C=N–C) groups is 1. The Morgan fingerprint density at radius 2 is 2.29 bits per heavy atom. The predicted molar refractivity (Wildman–Crippen MR) is 97.6 cm³/mol. The summed E-state index contributed by atoms with van der Waals surface area (Å²) in [6, 6.07) is 3.87. The molecule has 0 aromatic carbocycles. The molecule has 1 aliphatic heterocycles. The molecule has 0 spiro atoms. The molecule has 2 amide bonds. The van der Waals surface area contributed by atoms with Gasteiger partial charge in [0.1, 0.15) is 0 Å². The van der Waals surface area contributed by atoms with E-state index in [1.54, 1.807) is 23.5 Å². The molecule has 0 fully saturated rings. The molecule has 0 radical (unpaired) electrons. The lowest BCUT2D eigenvalue weighted by Crippen LogP contribution is -2.36. The molecule has 0 bridgehead atoms. The number of nitrogens with one attached hydrogen (secondary N) is 1. The maximum absolute atomic E-state index is 12.1. The fourth-order valence-electron chi connectivity index (χ4n) is 2.87. The first kappa shape index (κ1) is 16.3. The van der Waals surface area contributed by atoms with E-state index in [1.165, 1.54) is 6.08 Å². The molecule has 24 heavy (non-hydrogen) atoms. The maximum Gasteiger partial charge on any atom is 0.270 e. The molecule has 5 heteroatoms. The second-order valence-corrected chi connectivity index (χ2v) is 6.61. The van der Waals surface area contributed by atoms with Crippen LogP contribution in [-0.4, -0.2) is 17.5 Å². The summed E-state index contributed by atoms with van der Waals surface area (Å²) in [6.07, 6.45) is 9.51. The smallest absolute Gasteiger partial charge is 0.270 e. The van der Waals surface area contributed by atoms with E-state index in [9.17, 15) is 9.59 Å². The summed E-state index contributed by atoms with van der Waals surface area (Å²) in [5, 5.41) is 4.87. The maximum atomic E-state index is 12.1. The number of amides is 2. The van der Waals surface area contributed by atoms with E-state index in [4.69, 9.17) is 0 Å². The number of fused-ring (bicyclic) bond motifs is 1. The summed E-state index contributed by atoms with van der Waals surface area (Å²) >= 11 is 1.56. The summed E-state index contributed by atoms with van der Waals surface area (Å²) in [4.78, 5) is 29.2. The van der Waals surface area contributed by atoms with E-state index >= 15 is 0 Å². The van der Waals surface area contributed by atoms with E-state index in [0.717, 1.165) is 21.7 Å². The van der Waals surface area contributed by atoms with Gasteiger partial charge in [-0.05, 0) is 43.0 Å². The fraction of sp³-hybridized carbons (Fsp3) is 0.211. The minimum Gasteiger partial charge on any atom is -0.325 e. The SMILES string of the molecule is CCC1=C(C)C2C=CC(=NC(=O)/C=C\c3cccs3)C=C2NC1=O. The highest BCUT2D eigenvalue weighted by Gasteiger charge is 2.28. The van der Waals surface area contributed by atoms with Gasteiger partial charge in [-0.15, -0.1) is 11.3 Å². The molecule has 1 aromatic heterocycles. The molecule has 0 saturated heterocycles. The van der Waals surface area contributed by atoms with Crippen LogP contribution in [0.5, 0.6) is 0 Å². The minimum atomic E-state index is -0.318. The van der Waals surface area contributed by atoms with Crippen molar-refractivity contribution < 1.29 is 9.59 Å². The Morgan fingerprint density at radius 1 is 1.46 bits per heavy atom. The number of carbonyl (C=O) groups excluding carboxylic acids is 2. The highest BCUT2D eigenvalue weighted by molar-refractivity contribution is 7.10. The first-order chi connectivity index (χ1) is 11.6. The summed E-state index contributed by atoms with van der Waals surface area (Å²) in [6.45, 7) is 3.96. The molecule has 2 heterocycles. The van der Waals surface area contributed by atoms with Crippen molar-refractivity contribution in [1.82, 2.24) is 5.32 Å². The molecule has 3 rings (SSSR count).